The Labute approximate surface area is 119 Å². The van der Waals surface area contributed by atoms with E-state index in [0.29, 0.717) is 12.5 Å². The fourth-order valence-electron chi connectivity index (χ4n) is 1.93. The summed E-state index contributed by atoms with van der Waals surface area (Å²) in [4.78, 5) is 13.1. The third kappa shape index (κ3) is 4.55. The molecule has 19 heavy (non-hydrogen) atoms. The molecule has 0 radical (unpaired) electrons. The van der Waals surface area contributed by atoms with Gasteiger partial charge >= 0.3 is 0 Å². The van der Waals surface area contributed by atoms with E-state index in [-0.39, 0.29) is 17.2 Å². The van der Waals surface area contributed by atoms with Gasteiger partial charge in [0.05, 0.1) is 5.25 Å². The van der Waals surface area contributed by atoms with Gasteiger partial charge in [0.1, 0.15) is 0 Å². The first-order valence-corrected chi connectivity index (χ1v) is 7.71. The molecule has 1 amide bonds. The molecule has 0 saturated heterocycles. The smallest absolute Gasteiger partial charge is 0.233 e. The number of rotatable bonds is 6. The van der Waals surface area contributed by atoms with Crippen LogP contribution in [0.5, 0.6) is 0 Å². The third-order valence-corrected chi connectivity index (χ3v) is 4.55. The first kappa shape index (κ1) is 14.4. The predicted molar refractivity (Wildman–Crippen MR) is 80.2 cm³/mol. The number of aryl methyl sites for hydroxylation is 1. The summed E-state index contributed by atoms with van der Waals surface area (Å²) in [6.45, 7) is 4.59. The van der Waals surface area contributed by atoms with Crippen LogP contribution in [0, 0.1) is 12.8 Å². The maximum atomic E-state index is 12.0. The number of carbonyl (C=O) groups is 1. The monoisotopic (exact) mass is 278 g/mol. The normalized spacial score (nSPS) is 17.8. The van der Waals surface area contributed by atoms with E-state index in [1.54, 1.807) is 11.8 Å². The van der Waals surface area contributed by atoms with Gasteiger partial charge in [-0.05, 0) is 44.7 Å². The summed E-state index contributed by atoms with van der Waals surface area (Å²) in [5.74, 6) is 0.696. The van der Waals surface area contributed by atoms with Crippen LogP contribution in [0.15, 0.2) is 29.2 Å². The van der Waals surface area contributed by atoms with Crippen LogP contribution in [-0.4, -0.2) is 23.7 Å². The zero-order valence-electron chi connectivity index (χ0n) is 11.6. The Kier molecular flexibility index (Phi) is 4.88. The highest BCUT2D eigenvalue weighted by molar-refractivity contribution is 8.00. The van der Waals surface area contributed by atoms with E-state index in [1.165, 1.54) is 18.4 Å². The van der Waals surface area contributed by atoms with Crippen molar-refractivity contribution in [3.8, 4) is 0 Å². The summed E-state index contributed by atoms with van der Waals surface area (Å²) in [6, 6.07) is 8.37. The lowest BCUT2D eigenvalue weighted by atomic mass is 10.2. The van der Waals surface area contributed by atoms with Gasteiger partial charge in [0.2, 0.25) is 5.91 Å². The van der Waals surface area contributed by atoms with Crippen LogP contribution in [0.3, 0.4) is 0 Å². The Morgan fingerprint density at radius 1 is 1.42 bits per heavy atom. The quantitative estimate of drug-likeness (QED) is 0.785. The average molecular weight is 278 g/mol. The second kappa shape index (κ2) is 6.44. The molecule has 104 valence electrons. The predicted octanol–water partition coefficient (Wildman–Crippen LogP) is 2.33. The first-order valence-electron chi connectivity index (χ1n) is 6.83. The minimum atomic E-state index is -0.0888. The molecule has 3 N–H and O–H groups in total. The van der Waals surface area contributed by atoms with Crippen LogP contribution in [0.4, 0.5) is 0 Å². The standard InChI is InChI=1S/C15H22N2OS/c1-10-3-7-13(8-4-10)19-11(2)15(18)17-9-14(16)12-5-6-12/h3-4,7-8,11-12,14H,5-6,9,16H2,1-2H3,(H,17,18). The zero-order valence-corrected chi connectivity index (χ0v) is 12.4. The summed E-state index contributed by atoms with van der Waals surface area (Å²) in [6.07, 6.45) is 2.43. The van der Waals surface area contributed by atoms with Gasteiger partial charge in [-0.3, -0.25) is 4.79 Å². The van der Waals surface area contributed by atoms with E-state index in [9.17, 15) is 4.79 Å². The fourth-order valence-corrected chi connectivity index (χ4v) is 2.82. The van der Waals surface area contributed by atoms with Crippen LogP contribution in [-0.2, 0) is 4.79 Å². The molecule has 0 aliphatic heterocycles. The Morgan fingerprint density at radius 3 is 2.63 bits per heavy atom. The SMILES string of the molecule is Cc1ccc(SC(C)C(=O)NCC(N)C2CC2)cc1. The van der Waals surface area contributed by atoms with Crippen LogP contribution in [0.25, 0.3) is 0 Å². The molecule has 0 heterocycles. The number of nitrogens with two attached hydrogens (primary N) is 1. The lowest BCUT2D eigenvalue weighted by molar-refractivity contribution is -0.120. The van der Waals surface area contributed by atoms with Crippen LogP contribution in [0.2, 0.25) is 0 Å². The van der Waals surface area contributed by atoms with Crippen molar-refractivity contribution in [2.45, 2.75) is 42.9 Å². The number of carbonyl (C=O) groups excluding carboxylic acids is 1. The number of hydrogen-bond donors (Lipinski definition) is 2. The van der Waals surface area contributed by atoms with Gasteiger partial charge in [-0.25, -0.2) is 0 Å². The van der Waals surface area contributed by atoms with E-state index in [4.69, 9.17) is 5.73 Å². The molecule has 1 aromatic carbocycles. The van der Waals surface area contributed by atoms with E-state index < -0.39 is 0 Å². The van der Waals surface area contributed by atoms with E-state index in [1.807, 2.05) is 6.92 Å². The molecule has 1 aliphatic rings. The van der Waals surface area contributed by atoms with Crippen molar-refractivity contribution in [3.63, 3.8) is 0 Å². The number of hydrogen-bond acceptors (Lipinski definition) is 3. The number of amides is 1. The largest absolute Gasteiger partial charge is 0.354 e. The van der Waals surface area contributed by atoms with E-state index in [2.05, 4.69) is 36.5 Å². The molecule has 1 fully saturated rings. The number of thioether (sulfide) groups is 1. The Hall–Kier alpha value is -1.00. The molecule has 0 spiro atoms. The van der Waals surface area contributed by atoms with Crippen molar-refractivity contribution in [1.82, 2.24) is 5.32 Å². The van der Waals surface area contributed by atoms with Gasteiger partial charge in [0.25, 0.3) is 0 Å². The molecule has 2 unspecified atom stereocenters. The summed E-state index contributed by atoms with van der Waals surface area (Å²) < 4.78 is 0. The molecule has 0 bridgehead atoms. The van der Waals surface area contributed by atoms with Gasteiger partial charge in [-0.2, -0.15) is 0 Å². The minimum Gasteiger partial charge on any atom is -0.354 e. The highest BCUT2D eigenvalue weighted by Crippen LogP contribution is 2.31. The minimum absolute atomic E-state index is 0.0710. The second-order valence-electron chi connectivity index (χ2n) is 5.32. The average Bonchev–Trinajstić information content (AvgIpc) is 3.22. The molecular weight excluding hydrogens is 256 g/mol. The Balaban J connectivity index is 1.76. The molecule has 0 aromatic heterocycles. The lowest BCUT2D eigenvalue weighted by Crippen LogP contribution is -2.41. The first-order chi connectivity index (χ1) is 9.06. The van der Waals surface area contributed by atoms with Crippen LogP contribution < -0.4 is 11.1 Å². The molecule has 2 rings (SSSR count). The molecule has 4 heteroatoms. The van der Waals surface area contributed by atoms with Crippen LogP contribution >= 0.6 is 11.8 Å². The molecular formula is C15H22N2OS. The highest BCUT2D eigenvalue weighted by Gasteiger charge is 2.28. The van der Waals surface area contributed by atoms with Gasteiger partial charge in [0, 0.05) is 17.5 Å². The van der Waals surface area contributed by atoms with Gasteiger partial charge < -0.3 is 11.1 Å². The Morgan fingerprint density at radius 2 is 2.05 bits per heavy atom. The topological polar surface area (TPSA) is 55.1 Å². The van der Waals surface area contributed by atoms with E-state index >= 15 is 0 Å². The fraction of sp³-hybridized carbons (Fsp3) is 0.533. The van der Waals surface area contributed by atoms with Gasteiger partial charge in [-0.15, -0.1) is 11.8 Å². The van der Waals surface area contributed by atoms with Crippen molar-refractivity contribution >= 4 is 17.7 Å². The Bertz CT molecular complexity index is 428. The molecule has 1 aliphatic carbocycles. The molecule has 1 saturated carbocycles. The highest BCUT2D eigenvalue weighted by atomic mass is 32.2. The molecule has 3 nitrogen and oxygen atoms in total. The number of nitrogens with one attached hydrogen (secondary N) is 1. The summed E-state index contributed by atoms with van der Waals surface area (Å²) >= 11 is 1.58. The molecule has 2 atom stereocenters. The summed E-state index contributed by atoms with van der Waals surface area (Å²) in [5.41, 5.74) is 7.21. The van der Waals surface area contributed by atoms with Crippen molar-refractivity contribution < 1.29 is 4.79 Å². The summed E-state index contributed by atoms with van der Waals surface area (Å²) in [5, 5.41) is 2.86. The van der Waals surface area contributed by atoms with Crippen molar-refractivity contribution in [2.75, 3.05) is 6.54 Å². The van der Waals surface area contributed by atoms with Crippen molar-refractivity contribution in [2.24, 2.45) is 11.7 Å². The maximum Gasteiger partial charge on any atom is 0.233 e. The number of benzene rings is 1. The van der Waals surface area contributed by atoms with Crippen LogP contribution in [0.1, 0.15) is 25.3 Å². The van der Waals surface area contributed by atoms with Crippen molar-refractivity contribution in [3.05, 3.63) is 29.8 Å². The van der Waals surface area contributed by atoms with Gasteiger partial charge in [-0.1, -0.05) is 17.7 Å². The zero-order chi connectivity index (χ0) is 13.8. The maximum absolute atomic E-state index is 12.0. The van der Waals surface area contributed by atoms with Crippen molar-refractivity contribution in [1.29, 1.82) is 0 Å². The molecule has 1 aromatic rings. The lowest BCUT2D eigenvalue weighted by Gasteiger charge is -2.15. The summed E-state index contributed by atoms with van der Waals surface area (Å²) in [7, 11) is 0. The third-order valence-electron chi connectivity index (χ3n) is 3.44. The second-order valence-corrected chi connectivity index (χ2v) is 6.73. The van der Waals surface area contributed by atoms with E-state index in [0.717, 1.165) is 4.90 Å². The van der Waals surface area contributed by atoms with Gasteiger partial charge in [0.15, 0.2) is 0 Å².